The van der Waals surface area contributed by atoms with E-state index in [1.807, 2.05) is 17.9 Å². The number of carbonyl (C=O) groups excluding carboxylic acids is 1. The van der Waals surface area contributed by atoms with Gasteiger partial charge in [0.2, 0.25) is 0 Å². The van der Waals surface area contributed by atoms with Crippen LogP contribution in [0, 0.1) is 0 Å². The number of piperazine rings is 1. The molecule has 1 aromatic rings. The van der Waals surface area contributed by atoms with E-state index in [0.717, 1.165) is 31.7 Å². The van der Waals surface area contributed by atoms with Gasteiger partial charge in [-0.2, -0.15) is 5.10 Å². The lowest BCUT2D eigenvalue weighted by atomic mass is 10.2. The number of carbonyl (C=O) groups is 1. The summed E-state index contributed by atoms with van der Waals surface area (Å²) >= 11 is 0. The van der Waals surface area contributed by atoms with E-state index in [9.17, 15) is 4.79 Å². The number of hydrogen-bond donors (Lipinski definition) is 2. The first kappa shape index (κ1) is 14.0. The number of aromatic amines is 1. The molecule has 96 valence electrons. The molecule has 17 heavy (non-hydrogen) atoms. The minimum atomic E-state index is 0. The molecule has 2 heterocycles. The molecule has 1 aromatic heterocycles. The molecule has 0 radical (unpaired) electrons. The monoisotopic (exact) mass is 258 g/mol. The van der Waals surface area contributed by atoms with Crippen LogP contribution in [0.5, 0.6) is 0 Å². The van der Waals surface area contributed by atoms with Crippen molar-refractivity contribution in [3.63, 3.8) is 0 Å². The zero-order valence-corrected chi connectivity index (χ0v) is 11.0. The zero-order chi connectivity index (χ0) is 11.5. The third kappa shape index (κ3) is 2.98. The lowest BCUT2D eigenvalue weighted by Gasteiger charge is -2.33. The van der Waals surface area contributed by atoms with Gasteiger partial charge in [-0.05, 0) is 19.4 Å². The summed E-state index contributed by atoms with van der Waals surface area (Å²) < 4.78 is 0. The zero-order valence-electron chi connectivity index (χ0n) is 10.2. The molecule has 0 aromatic carbocycles. The van der Waals surface area contributed by atoms with Crippen molar-refractivity contribution in [1.82, 2.24) is 20.4 Å². The van der Waals surface area contributed by atoms with Crippen molar-refractivity contribution in [3.8, 4) is 0 Å². The average Bonchev–Trinajstić information content (AvgIpc) is 2.77. The highest BCUT2D eigenvalue weighted by Crippen LogP contribution is 2.09. The quantitative estimate of drug-likeness (QED) is 0.826. The minimum absolute atomic E-state index is 0. The molecule has 0 saturated carbocycles. The topological polar surface area (TPSA) is 61.0 Å². The SMILES string of the molecule is CCc1cc(C(=O)N2CCNC[C@@H]2C)n[nH]1.Cl. The van der Waals surface area contributed by atoms with Crippen LogP contribution in [0.15, 0.2) is 6.07 Å². The van der Waals surface area contributed by atoms with E-state index in [0.29, 0.717) is 5.69 Å². The summed E-state index contributed by atoms with van der Waals surface area (Å²) in [6.45, 7) is 6.57. The number of hydrogen-bond acceptors (Lipinski definition) is 3. The summed E-state index contributed by atoms with van der Waals surface area (Å²) in [6, 6.07) is 2.08. The van der Waals surface area contributed by atoms with Gasteiger partial charge in [0.15, 0.2) is 0 Å². The number of nitrogens with zero attached hydrogens (tertiary/aromatic N) is 2. The summed E-state index contributed by atoms with van der Waals surface area (Å²) in [5.41, 5.74) is 1.54. The first-order chi connectivity index (χ1) is 7.72. The summed E-state index contributed by atoms with van der Waals surface area (Å²) in [4.78, 5) is 14.0. The maximum absolute atomic E-state index is 12.2. The predicted molar refractivity (Wildman–Crippen MR) is 68.6 cm³/mol. The largest absolute Gasteiger partial charge is 0.332 e. The second-order valence-corrected chi connectivity index (χ2v) is 4.18. The van der Waals surface area contributed by atoms with Crippen LogP contribution in [0.3, 0.4) is 0 Å². The molecule has 0 spiro atoms. The van der Waals surface area contributed by atoms with Gasteiger partial charge in [0, 0.05) is 31.4 Å². The molecule has 0 unspecified atom stereocenters. The Morgan fingerprint density at radius 1 is 1.65 bits per heavy atom. The molecule has 5 nitrogen and oxygen atoms in total. The summed E-state index contributed by atoms with van der Waals surface area (Å²) in [7, 11) is 0. The van der Waals surface area contributed by atoms with E-state index in [-0.39, 0.29) is 24.4 Å². The second kappa shape index (κ2) is 6.02. The van der Waals surface area contributed by atoms with Gasteiger partial charge in [-0.1, -0.05) is 6.92 Å². The molecule has 0 bridgehead atoms. The fourth-order valence-electron chi connectivity index (χ4n) is 1.94. The molecular formula is C11H19ClN4O. The van der Waals surface area contributed by atoms with Crippen LogP contribution in [0.1, 0.15) is 30.0 Å². The first-order valence-corrected chi connectivity index (χ1v) is 5.78. The molecule has 1 fully saturated rings. The third-order valence-corrected chi connectivity index (χ3v) is 2.99. The number of nitrogens with one attached hydrogen (secondary N) is 2. The highest BCUT2D eigenvalue weighted by atomic mass is 35.5. The predicted octanol–water partition coefficient (Wildman–Crippen LogP) is 0.828. The van der Waals surface area contributed by atoms with Crippen molar-refractivity contribution in [2.45, 2.75) is 26.3 Å². The van der Waals surface area contributed by atoms with Gasteiger partial charge >= 0.3 is 0 Å². The van der Waals surface area contributed by atoms with Crippen LogP contribution >= 0.6 is 12.4 Å². The lowest BCUT2D eigenvalue weighted by Crippen LogP contribution is -2.52. The summed E-state index contributed by atoms with van der Waals surface area (Å²) in [5, 5.41) is 10.2. The van der Waals surface area contributed by atoms with Gasteiger partial charge in [-0.3, -0.25) is 9.89 Å². The lowest BCUT2D eigenvalue weighted by molar-refractivity contribution is 0.0649. The fraction of sp³-hybridized carbons (Fsp3) is 0.636. The number of rotatable bonds is 2. The second-order valence-electron chi connectivity index (χ2n) is 4.18. The maximum Gasteiger partial charge on any atom is 0.274 e. The van der Waals surface area contributed by atoms with Crippen molar-refractivity contribution in [1.29, 1.82) is 0 Å². The van der Waals surface area contributed by atoms with Gasteiger partial charge in [0.1, 0.15) is 5.69 Å². The Labute approximate surface area is 107 Å². The van der Waals surface area contributed by atoms with Crippen LogP contribution in [-0.2, 0) is 6.42 Å². The van der Waals surface area contributed by atoms with Crippen molar-refractivity contribution in [2.24, 2.45) is 0 Å². The van der Waals surface area contributed by atoms with Crippen molar-refractivity contribution < 1.29 is 4.79 Å². The highest BCUT2D eigenvalue weighted by Gasteiger charge is 2.25. The van der Waals surface area contributed by atoms with Crippen molar-refractivity contribution in [2.75, 3.05) is 19.6 Å². The smallest absolute Gasteiger partial charge is 0.274 e. The van der Waals surface area contributed by atoms with E-state index in [1.165, 1.54) is 0 Å². The van der Waals surface area contributed by atoms with Gasteiger partial charge in [-0.15, -0.1) is 12.4 Å². The van der Waals surface area contributed by atoms with Gasteiger partial charge in [-0.25, -0.2) is 0 Å². The van der Waals surface area contributed by atoms with Crippen LogP contribution in [0.4, 0.5) is 0 Å². The van der Waals surface area contributed by atoms with Crippen LogP contribution in [0.25, 0.3) is 0 Å². The summed E-state index contributed by atoms with van der Waals surface area (Å²) in [5.74, 6) is 0.0324. The molecule has 1 aliphatic heterocycles. The number of H-pyrrole nitrogens is 1. The average molecular weight is 259 g/mol. The fourth-order valence-corrected chi connectivity index (χ4v) is 1.94. The Morgan fingerprint density at radius 2 is 2.41 bits per heavy atom. The van der Waals surface area contributed by atoms with Crippen molar-refractivity contribution >= 4 is 18.3 Å². The standard InChI is InChI=1S/C11H18N4O.ClH/c1-3-9-6-10(14-13-9)11(16)15-5-4-12-7-8(15)2;/h6,8,12H,3-5,7H2,1-2H3,(H,13,14);1H/t8-;/m0./s1. The van der Waals surface area contributed by atoms with Crippen LogP contribution in [-0.4, -0.2) is 46.7 Å². The Bertz CT molecular complexity index is 379. The third-order valence-electron chi connectivity index (χ3n) is 2.99. The number of halogens is 1. The van der Waals surface area contributed by atoms with E-state index in [1.54, 1.807) is 0 Å². The van der Waals surface area contributed by atoms with Crippen LogP contribution in [0.2, 0.25) is 0 Å². The van der Waals surface area contributed by atoms with Gasteiger partial charge in [0.25, 0.3) is 5.91 Å². The molecule has 6 heteroatoms. The molecule has 2 rings (SSSR count). The number of aryl methyl sites for hydroxylation is 1. The minimum Gasteiger partial charge on any atom is -0.332 e. The van der Waals surface area contributed by atoms with E-state index in [2.05, 4.69) is 22.4 Å². The van der Waals surface area contributed by atoms with E-state index >= 15 is 0 Å². The molecule has 1 saturated heterocycles. The van der Waals surface area contributed by atoms with E-state index < -0.39 is 0 Å². The molecule has 1 aliphatic rings. The van der Waals surface area contributed by atoms with Gasteiger partial charge < -0.3 is 10.2 Å². The Balaban J connectivity index is 0.00000144. The summed E-state index contributed by atoms with van der Waals surface area (Å²) in [6.07, 6.45) is 0.872. The number of amides is 1. The first-order valence-electron chi connectivity index (χ1n) is 5.78. The van der Waals surface area contributed by atoms with E-state index in [4.69, 9.17) is 0 Å². The van der Waals surface area contributed by atoms with Crippen LogP contribution < -0.4 is 5.32 Å². The normalized spacial score (nSPS) is 19.9. The van der Waals surface area contributed by atoms with Crippen molar-refractivity contribution in [3.05, 3.63) is 17.5 Å². The highest BCUT2D eigenvalue weighted by molar-refractivity contribution is 5.92. The molecule has 0 aliphatic carbocycles. The molecule has 1 atom stereocenters. The van der Waals surface area contributed by atoms with Gasteiger partial charge in [0.05, 0.1) is 0 Å². The molecular weight excluding hydrogens is 240 g/mol. The molecule has 1 amide bonds. The number of aromatic nitrogens is 2. The Kier molecular flexibility index (Phi) is 4.96. The maximum atomic E-state index is 12.2. The molecule has 2 N–H and O–H groups in total. The Morgan fingerprint density at radius 3 is 3.00 bits per heavy atom. The Hall–Kier alpha value is -1.07.